The quantitative estimate of drug-likeness (QED) is 0.395. The second-order valence-electron chi connectivity index (χ2n) is 7.75. The summed E-state index contributed by atoms with van der Waals surface area (Å²) in [4.78, 5) is 25.2. The molecule has 4 aromatic rings. The van der Waals surface area contributed by atoms with E-state index in [-0.39, 0.29) is 17.8 Å². The summed E-state index contributed by atoms with van der Waals surface area (Å²) in [6.07, 6.45) is 1.67. The molecular formula is C27H21NO4. The van der Waals surface area contributed by atoms with Crippen LogP contribution in [0.4, 0.5) is 0 Å². The first-order valence-corrected chi connectivity index (χ1v) is 10.4. The van der Waals surface area contributed by atoms with Gasteiger partial charge in [-0.2, -0.15) is 0 Å². The first-order valence-electron chi connectivity index (χ1n) is 10.4. The Morgan fingerprint density at radius 2 is 1.44 bits per heavy atom. The smallest absolute Gasteiger partial charge is 0.223 e. The maximum atomic E-state index is 12.7. The summed E-state index contributed by atoms with van der Waals surface area (Å²) in [5, 5.41) is 0. The highest BCUT2D eigenvalue weighted by Crippen LogP contribution is 2.38. The molecule has 0 aliphatic heterocycles. The third-order valence-corrected chi connectivity index (χ3v) is 5.63. The minimum absolute atomic E-state index is 0.00775. The molecule has 1 heterocycles. The van der Waals surface area contributed by atoms with E-state index in [2.05, 4.69) is 0 Å². The Morgan fingerprint density at radius 1 is 0.719 bits per heavy atom. The number of pyridine rings is 1. The van der Waals surface area contributed by atoms with Crippen molar-refractivity contribution >= 4 is 5.78 Å². The number of aromatic nitrogens is 1. The Labute approximate surface area is 185 Å². The number of benzene rings is 3. The zero-order valence-electron chi connectivity index (χ0n) is 17.6. The van der Waals surface area contributed by atoms with Crippen molar-refractivity contribution in [3.8, 4) is 22.6 Å². The zero-order valence-corrected chi connectivity index (χ0v) is 17.6. The molecule has 5 heteroatoms. The number of fused-ring (bicyclic) bond motifs is 3. The van der Waals surface area contributed by atoms with Crippen molar-refractivity contribution in [3.63, 3.8) is 0 Å². The van der Waals surface area contributed by atoms with E-state index in [1.54, 1.807) is 12.3 Å². The van der Waals surface area contributed by atoms with Gasteiger partial charge in [-0.15, -0.1) is 0 Å². The normalized spacial score (nSPS) is 11.7. The number of ether oxygens (including phenoxy) is 2. The Balaban J connectivity index is 1.30. The third kappa shape index (κ3) is 3.69. The Morgan fingerprint density at radius 3 is 2.25 bits per heavy atom. The monoisotopic (exact) mass is 423 g/mol. The fourth-order valence-corrected chi connectivity index (χ4v) is 3.89. The second-order valence-corrected chi connectivity index (χ2v) is 7.75. The zero-order chi connectivity index (χ0) is 22.1. The van der Waals surface area contributed by atoms with Crippen molar-refractivity contribution in [2.75, 3.05) is 0 Å². The standard InChI is InChI=1S/C27H21NO4/c1-28-15-26(32-16-18-7-3-2-4-8-18)25(29)13-19(28)17-31-20-11-12-22-21-9-5-6-10-23(21)27(30)24(22)14-20/h2-15H,16-17H2,1H3. The molecule has 32 heavy (non-hydrogen) atoms. The number of ketones is 1. The van der Waals surface area contributed by atoms with Crippen molar-refractivity contribution in [2.24, 2.45) is 7.05 Å². The Kier molecular flexibility index (Phi) is 5.07. The first kappa shape index (κ1) is 19.8. The topological polar surface area (TPSA) is 57.5 Å². The average Bonchev–Trinajstić information content (AvgIpc) is 3.11. The maximum Gasteiger partial charge on any atom is 0.223 e. The van der Waals surface area contributed by atoms with Crippen molar-refractivity contribution in [1.29, 1.82) is 0 Å². The minimum Gasteiger partial charge on any atom is -0.487 e. The van der Waals surface area contributed by atoms with Gasteiger partial charge < -0.3 is 14.0 Å². The molecule has 0 spiro atoms. The van der Waals surface area contributed by atoms with Crippen LogP contribution < -0.4 is 14.9 Å². The summed E-state index contributed by atoms with van der Waals surface area (Å²) in [5.41, 5.74) is 4.73. The highest BCUT2D eigenvalue weighted by Gasteiger charge is 2.26. The van der Waals surface area contributed by atoms with E-state index >= 15 is 0 Å². The van der Waals surface area contributed by atoms with Gasteiger partial charge in [0.2, 0.25) is 5.43 Å². The van der Waals surface area contributed by atoms with Gasteiger partial charge in [-0.25, -0.2) is 0 Å². The molecule has 5 rings (SSSR count). The van der Waals surface area contributed by atoms with Crippen LogP contribution in [-0.4, -0.2) is 10.4 Å². The third-order valence-electron chi connectivity index (χ3n) is 5.63. The lowest BCUT2D eigenvalue weighted by atomic mass is 10.1. The molecule has 0 unspecified atom stereocenters. The molecule has 0 atom stereocenters. The van der Waals surface area contributed by atoms with E-state index in [9.17, 15) is 9.59 Å². The molecule has 5 nitrogen and oxygen atoms in total. The number of carbonyl (C=O) groups excluding carboxylic acids is 1. The number of carbonyl (C=O) groups is 1. The van der Waals surface area contributed by atoms with E-state index < -0.39 is 0 Å². The van der Waals surface area contributed by atoms with Crippen LogP contribution in [0.1, 0.15) is 27.2 Å². The number of rotatable bonds is 6. The van der Waals surface area contributed by atoms with Crippen LogP contribution in [0.25, 0.3) is 11.1 Å². The molecular weight excluding hydrogens is 402 g/mol. The van der Waals surface area contributed by atoms with Gasteiger partial charge in [-0.1, -0.05) is 54.6 Å². The van der Waals surface area contributed by atoms with Crippen LogP contribution in [0, 0.1) is 0 Å². The van der Waals surface area contributed by atoms with E-state index in [0.29, 0.717) is 34.9 Å². The van der Waals surface area contributed by atoms with E-state index in [1.807, 2.05) is 78.3 Å². The minimum atomic E-state index is -0.197. The van der Waals surface area contributed by atoms with Gasteiger partial charge in [-0.05, 0) is 34.9 Å². The molecule has 0 amide bonds. The lowest BCUT2D eigenvalue weighted by Crippen LogP contribution is -2.15. The van der Waals surface area contributed by atoms with Crippen molar-refractivity contribution < 1.29 is 14.3 Å². The predicted molar refractivity (Wildman–Crippen MR) is 122 cm³/mol. The van der Waals surface area contributed by atoms with E-state index in [4.69, 9.17) is 9.47 Å². The number of aryl methyl sites for hydroxylation is 1. The fourth-order valence-electron chi connectivity index (χ4n) is 3.89. The van der Waals surface area contributed by atoms with Crippen LogP contribution in [0.15, 0.2) is 89.9 Å². The molecule has 0 N–H and O–H groups in total. The van der Waals surface area contributed by atoms with Crippen LogP contribution in [0.5, 0.6) is 11.5 Å². The number of hydrogen-bond acceptors (Lipinski definition) is 4. The molecule has 1 aromatic heterocycles. The Hall–Kier alpha value is -4.12. The summed E-state index contributed by atoms with van der Waals surface area (Å²) in [7, 11) is 1.84. The molecule has 0 saturated heterocycles. The van der Waals surface area contributed by atoms with Crippen molar-refractivity contribution in [2.45, 2.75) is 13.2 Å². The van der Waals surface area contributed by atoms with Gasteiger partial charge in [-0.3, -0.25) is 9.59 Å². The molecule has 1 aliphatic rings. The van der Waals surface area contributed by atoms with Gasteiger partial charge in [0.25, 0.3) is 0 Å². The Bertz CT molecular complexity index is 1370. The molecule has 0 fully saturated rings. The summed E-state index contributed by atoms with van der Waals surface area (Å²) in [6.45, 7) is 0.530. The van der Waals surface area contributed by atoms with E-state index in [1.165, 1.54) is 6.07 Å². The highest BCUT2D eigenvalue weighted by atomic mass is 16.5. The maximum absolute atomic E-state index is 12.7. The van der Waals surface area contributed by atoms with Gasteiger partial charge in [0.05, 0.1) is 11.9 Å². The number of nitrogens with zero attached hydrogens (tertiary/aromatic N) is 1. The summed E-state index contributed by atoms with van der Waals surface area (Å²) in [6, 6.07) is 24.4. The number of hydrogen-bond donors (Lipinski definition) is 0. The molecule has 158 valence electrons. The summed E-state index contributed by atoms with van der Waals surface area (Å²) < 4.78 is 13.4. The van der Waals surface area contributed by atoms with Gasteiger partial charge in [0.15, 0.2) is 11.5 Å². The predicted octanol–water partition coefficient (Wildman–Crippen LogP) is 4.75. The lowest BCUT2D eigenvalue weighted by molar-refractivity contribution is 0.104. The second kappa shape index (κ2) is 8.19. The van der Waals surface area contributed by atoms with Gasteiger partial charge in [0, 0.05) is 24.2 Å². The van der Waals surface area contributed by atoms with Crippen LogP contribution >= 0.6 is 0 Å². The molecule has 0 radical (unpaired) electrons. The summed E-state index contributed by atoms with van der Waals surface area (Å²) in [5.74, 6) is 0.885. The molecule has 3 aromatic carbocycles. The van der Waals surface area contributed by atoms with Gasteiger partial charge in [0.1, 0.15) is 19.0 Å². The van der Waals surface area contributed by atoms with Crippen LogP contribution in [0.2, 0.25) is 0 Å². The van der Waals surface area contributed by atoms with Gasteiger partial charge >= 0.3 is 0 Å². The fraction of sp³-hybridized carbons (Fsp3) is 0.111. The molecule has 0 saturated carbocycles. The van der Waals surface area contributed by atoms with E-state index in [0.717, 1.165) is 16.7 Å². The van der Waals surface area contributed by atoms with Crippen molar-refractivity contribution in [3.05, 3.63) is 118 Å². The SMILES string of the molecule is Cn1cc(OCc2ccccc2)c(=O)cc1COc1ccc2c(c1)C(=O)c1ccccc1-2. The molecule has 0 bridgehead atoms. The first-order chi connectivity index (χ1) is 15.6. The van der Waals surface area contributed by atoms with Crippen molar-refractivity contribution in [1.82, 2.24) is 4.57 Å². The average molecular weight is 423 g/mol. The van der Waals surface area contributed by atoms with Crippen LogP contribution in [0.3, 0.4) is 0 Å². The largest absolute Gasteiger partial charge is 0.487 e. The lowest BCUT2D eigenvalue weighted by Gasteiger charge is -2.13. The molecule has 1 aliphatic carbocycles. The summed E-state index contributed by atoms with van der Waals surface area (Å²) >= 11 is 0. The van der Waals surface area contributed by atoms with Crippen LogP contribution in [-0.2, 0) is 20.3 Å². The highest BCUT2D eigenvalue weighted by molar-refractivity contribution is 6.21.